The van der Waals surface area contributed by atoms with E-state index in [0.29, 0.717) is 19.4 Å². The monoisotopic (exact) mass is 202 g/mol. The van der Waals surface area contributed by atoms with Crippen molar-refractivity contribution in [2.24, 2.45) is 11.7 Å². The molecule has 0 saturated carbocycles. The van der Waals surface area contributed by atoms with Crippen molar-refractivity contribution in [2.75, 3.05) is 13.2 Å². The van der Waals surface area contributed by atoms with Gasteiger partial charge in [-0.25, -0.2) is 0 Å². The van der Waals surface area contributed by atoms with Gasteiger partial charge >= 0.3 is 0 Å². The lowest BCUT2D eigenvalue weighted by Gasteiger charge is -1.96. The number of hydrogen-bond acceptors (Lipinski definition) is 3. The quantitative estimate of drug-likeness (QED) is 0.570. The normalized spacial score (nSPS) is 19.6. The van der Waals surface area contributed by atoms with E-state index in [-0.39, 0.29) is 24.3 Å². The minimum atomic E-state index is -0.211. The fraction of sp³-hybridized carbons (Fsp3) is 0.778. The summed E-state index contributed by atoms with van der Waals surface area (Å²) in [5.74, 6) is 0.0176. The first-order chi connectivity index (χ1) is 6.60. The fourth-order valence-electron chi connectivity index (χ4n) is 1.04. The second kappa shape index (κ2) is 7.32. The third kappa shape index (κ3) is 6.42. The summed E-state index contributed by atoms with van der Waals surface area (Å²) in [5, 5.41) is 11.1. The maximum atomic E-state index is 10.4. The van der Waals surface area contributed by atoms with E-state index in [9.17, 15) is 9.59 Å². The second-order valence-corrected chi connectivity index (χ2v) is 3.27. The van der Waals surface area contributed by atoms with Crippen molar-refractivity contribution in [3.63, 3.8) is 0 Å². The Morgan fingerprint density at radius 1 is 1.71 bits per heavy atom. The molecule has 0 spiro atoms. The number of carbonyl (C=O) groups excluding carboxylic acids is 2. The van der Waals surface area contributed by atoms with Gasteiger partial charge in [-0.1, -0.05) is 6.92 Å². The van der Waals surface area contributed by atoms with Crippen LogP contribution in [0.2, 0.25) is 0 Å². The van der Waals surface area contributed by atoms with E-state index >= 15 is 0 Å². The molecule has 0 radical (unpaired) electrons. The van der Waals surface area contributed by atoms with Crippen LogP contribution < -0.4 is 11.1 Å². The fourth-order valence-corrected chi connectivity index (χ4v) is 1.04. The second-order valence-electron chi connectivity index (χ2n) is 3.27. The van der Waals surface area contributed by atoms with Crippen molar-refractivity contribution in [1.82, 2.24) is 5.32 Å². The number of nitrogens with one attached hydrogen (secondary N) is 1. The van der Waals surface area contributed by atoms with Gasteiger partial charge in [-0.2, -0.15) is 0 Å². The Morgan fingerprint density at radius 2 is 2.36 bits per heavy atom. The van der Waals surface area contributed by atoms with Crippen LogP contribution in [0.15, 0.2) is 0 Å². The first kappa shape index (κ1) is 12.9. The minimum Gasteiger partial charge on any atom is -0.396 e. The molecule has 0 aliphatic carbocycles. The van der Waals surface area contributed by atoms with E-state index in [1.165, 1.54) is 0 Å². The summed E-state index contributed by atoms with van der Waals surface area (Å²) in [6.45, 7) is 2.69. The van der Waals surface area contributed by atoms with Gasteiger partial charge in [0.2, 0.25) is 11.8 Å². The molecule has 1 aliphatic rings. The molecule has 1 fully saturated rings. The zero-order chi connectivity index (χ0) is 11.0. The topological polar surface area (TPSA) is 92.4 Å². The highest BCUT2D eigenvalue weighted by Crippen LogP contribution is 2.05. The smallest absolute Gasteiger partial charge is 0.220 e. The van der Waals surface area contributed by atoms with Crippen LogP contribution in [-0.4, -0.2) is 30.1 Å². The van der Waals surface area contributed by atoms with Crippen LogP contribution in [0.25, 0.3) is 0 Å². The van der Waals surface area contributed by atoms with Crippen LogP contribution >= 0.6 is 0 Å². The summed E-state index contributed by atoms with van der Waals surface area (Å²) in [7, 11) is 0. The number of rotatable bonds is 3. The molecule has 0 aromatic rings. The Hall–Kier alpha value is -1.10. The largest absolute Gasteiger partial charge is 0.396 e. The lowest BCUT2D eigenvalue weighted by molar-refractivity contribution is -0.119. The van der Waals surface area contributed by atoms with E-state index < -0.39 is 0 Å². The van der Waals surface area contributed by atoms with Gasteiger partial charge < -0.3 is 16.2 Å². The van der Waals surface area contributed by atoms with Crippen LogP contribution in [0.5, 0.6) is 0 Å². The van der Waals surface area contributed by atoms with Crippen molar-refractivity contribution in [2.45, 2.75) is 26.2 Å². The number of amides is 2. The van der Waals surface area contributed by atoms with Gasteiger partial charge in [-0.15, -0.1) is 0 Å². The van der Waals surface area contributed by atoms with E-state index in [4.69, 9.17) is 10.8 Å². The lowest BCUT2D eigenvalue weighted by Crippen LogP contribution is -2.14. The van der Waals surface area contributed by atoms with Gasteiger partial charge in [0.25, 0.3) is 0 Å². The highest BCUT2D eigenvalue weighted by Gasteiger charge is 2.19. The maximum Gasteiger partial charge on any atom is 0.220 e. The minimum absolute atomic E-state index is 0.0593. The van der Waals surface area contributed by atoms with Crippen molar-refractivity contribution in [3.8, 4) is 0 Å². The molecular weight excluding hydrogens is 184 g/mol. The molecule has 14 heavy (non-hydrogen) atoms. The van der Waals surface area contributed by atoms with Gasteiger partial charge in [0, 0.05) is 31.9 Å². The predicted molar refractivity (Wildman–Crippen MR) is 52.3 cm³/mol. The van der Waals surface area contributed by atoms with Gasteiger partial charge in [-0.3, -0.25) is 9.59 Å². The Morgan fingerprint density at radius 3 is 2.50 bits per heavy atom. The number of aliphatic hydroxyl groups excluding tert-OH is 1. The third-order valence-corrected chi connectivity index (χ3v) is 1.82. The molecule has 1 rings (SSSR count). The molecular formula is C9H18N2O3. The molecule has 1 atom stereocenters. The molecule has 1 aliphatic heterocycles. The van der Waals surface area contributed by atoms with Gasteiger partial charge in [0.1, 0.15) is 0 Å². The predicted octanol–water partition coefficient (Wildman–Crippen LogP) is -0.613. The van der Waals surface area contributed by atoms with Crippen LogP contribution in [0.3, 0.4) is 0 Å². The van der Waals surface area contributed by atoms with Gasteiger partial charge in [0.05, 0.1) is 0 Å². The summed E-state index contributed by atoms with van der Waals surface area (Å²) in [6.07, 6.45) is 1.87. The van der Waals surface area contributed by atoms with Crippen molar-refractivity contribution < 1.29 is 14.7 Å². The van der Waals surface area contributed by atoms with E-state index in [2.05, 4.69) is 5.32 Å². The number of nitrogens with two attached hydrogens (primary N) is 1. The van der Waals surface area contributed by atoms with Crippen molar-refractivity contribution >= 4 is 11.8 Å². The number of carbonyl (C=O) groups is 2. The van der Waals surface area contributed by atoms with E-state index in [1.54, 1.807) is 0 Å². The molecule has 1 heterocycles. The third-order valence-electron chi connectivity index (χ3n) is 1.82. The molecule has 4 N–H and O–H groups in total. The average molecular weight is 202 g/mol. The Bertz CT molecular complexity index is 194. The molecule has 0 bridgehead atoms. The first-order valence-electron chi connectivity index (χ1n) is 4.76. The zero-order valence-corrected chi connectivity index (χ0v) is 8.45. The highest BCUT2D eigenvalue weighted by atomic mass is 16.3. The summed E-state index contributed by atoms with van der Waals surface area (Å²) in [5.41, 5.74) is 4.76. The van der Waals surface area contributed by atoms with Crippen LogP contribution in [0.4, 0.5) is 0 Å². The zero-order valence-electron chi connectivity index (χ0n) is 8.45. The Labute approximate surface area is 83.7 Å². The number of hydrogen-bond donors (Lipinski definition) is 3. The number of aliphatic hydroxyl groups is 1. The van der Waals surface area contributed by atoms with Crippen LogP contribution in [0.1, 0.15) is 26.2 Å². The molecule has 2 amide bonds. The van der Waals surface area contributed by atoms with Crippen LogP contribution in [0, 0.1) is 5.92 Å². The van der Waals surface area contributed by atoms with E-state index in [1.807, 2.05) is 6.92 Å². The lowest BCUT2D eigenvalue weighted by atomic mass is 10.1. The summed E-state index contributed by atoms with van der Waals surface area (Å²) >= 11 is 0. The Kier molecular flexibility index (Phi) is 6.74. The van der Waals surface area contributed by atoms with Crippen molar-refractivity contribution in [3.05, 3.63) is 0 Å². The standard InChI is InChI=1S/C5H9NO2.C4H9NO/c7-3-4-1-5(8)6-2-4;1-2-3-4(5)6/h4,7H,1-3H2,(H,6,8);2-3H2,1H3,(H2,5,6). The van der Waals surface area contributed by atoms with Crippen molar-refractivity contribution in [1.29, 1.82) is 0 Å². The first-order valence-corrected chi connectivity index (χ1v) is 4.76. The molecule has 1 unspecified atom stereocenters. The number of primary amides is 1. The SMILES string of the molecule is CCCC(N)=O.O=C1CC(CO)CN1. The molecule has 5 nitrogen and oxygen atoms in total. The Balaban J connectivity index is 0.000000255. The van der Waals surface area contributed by atoms with E-state index in [0.717, 1.165) is 6.42 Å². The summed E-state index contributed by atoms with van der Waals surface area (Å²) in [4.78, 5) is 20.2. The molecule has 0 aromatic heterocycles. The van der Waals surface area contributed by atoms with Gasteiger partial charge in [-0.05, 0) is 6.42 Å². The molecule has 82 valence electrons. The van der Waals surface area contributed by atoms with Gasteiger partial charge in [0.15, 0.2) is 0 Å². The average Bonchev–Trinajstić information content (AvgIpc) is 2.52. The highest BCUT2D eigenvalue weighted by molar-refractivity contribution is 5.78. The molecule has 5 heteroatoms. The molecule has 0 aromatic carbocycles. The van der Waals surface area contributed by atoms with Crippen LogP contribution in [-0.2, 0) is 9.59 Å². The molecule has 1 saturated heterocycles. The summed E-state index contributed by atoms with van der Waals surface area (Å²) < 4.78 is 0. The maximum absolute atomic E-state index is 10.4. The summed E-state index contributed by atoms with van der Waals surface area (Å²) in [6, 6.07) is 0.